The first-order chi connectivity index (χ1) is 50.3. The average Bonchev–Trinajstić information content (AvgIpc) is 0.682. The average molecular weight is 1310 g/mol. The summed E-state index contributed by atoms with van der Waals surface area (Å²) in [6, 6.07) is 132. The number of aryl methyl sites for hydroxylation is 4. The normalized spacial score (nSPS) is 12.8. The van der Waals surface area contributed by atoms with Crippen LogP contribution in [-0.2, 0) is 0 Å². The first-order valence-corrected chi connectivity index (χ1v) is 35.5. The molecule has 0 unspecified atom stereocenters. The fourth-order valence-corrected chi connectivity index (χ4v) is 17.0. The van der Waals surface area contributed by atoms with Gasteiger partial charge in [-0.1, -0.05) is 249 Å². The molecule has 0 spiro atoms. The summed E-state index contributed by atoms with van der Waals surface area (Å²) in [6.07, 6.45) is 0. The quantitative estimate of drug-likeness (QED) is 0.113. The molecule has 15 aromatic rings. The Morgan fingerprint density at radius 3 is 0.882 bits per heavy atom. The number of fused-ring (bicyclic) bond motifs is 8. The molecule has 4 aliphatic rings. The van der Waals surface area contributed by atoms with Gasteiger partial charge in [-0.15, -0.1) is 0 Å². The highest BCUT2D eigenvalue weighted by Gasteiger charge is 2.49. The van der Waals surface area contributed by atoms with E-state index in [0.717, 1.165) is 125 Å². The zero-order valence-corrected chi connectivity index (χ0v) is 57.3. The van der Waals surface area contributed by atoms with Crippen LogP contribution in [0.5, 0.6) is 0 Å². The van der Waals surface area contributed by atoms with E-state index in [0.29, 0.717) is 0 Å². The summed E-state index contributed by atoms with van der Waals surface area (Å²) in [6.45, 7) is 8.52. The predicted octanol–water partition coefficient (Wildman–Crippen LogP) is 21.4. The van der Waals surface area contributed by atoms with Crippen LogP contribution in [0, 0.1) is 27.7 Å². The van der Waals surface area contributed by atoms with E-state index >= 15 is 0 Å². The lowest BCUT2D eigenvalue weighted by Crippen LogP contribution is -2.65. The van der Waals surface area contributed by atoms with E-state index in [-0.39, 0.29) is 13.4 Å². The van der Waals surface area contributed by atoms with Gasteiger partial charge in [0.2, 0.25) is 0 Å². The molecule has 482 valence electrons. The highest BCUT2D eigenvalue weighted by Crippen LogP contribution is 2.55. The van der Waals surface area contributed by atoms with Gasteiger partial charge in [-0.2, -0.15) is 0 Å². The number of hydrogen-bond acceptors (Lipinski definition) is 6. The van der Waals surface area contributed by atoms with Crippen LogP contribution in [0.25, 0.3) is 22.3 Å². The molecule has 4 aliphatic heterocycles. The summed E-state index contributed by atoms with van der Waals surface area (Å²) in [5.74, 6) is 0. The van der Waals surface area contributed by atoms with Crippen molar-refractivity contribution in [3.63, 3.8) is 0 Å². The second-order valence-corrected chi connectivity index (χ2v) is 27.3. The molecule has 0 fully saturated rings. The summed E-state index contributed by atoms with van der Waals surface area (Å²) in [4.78, 5) is 15.4. The van der Waals surface area contributed by atoms with E-state index < -0.39 is 0 Å². The number of para-hydroxylation sites is 10. The molecule has 0 bridgehead atoms. The van der Waals surface area contributed by atoms with Crippen LogP contribution < -0.4 is 62.2 Å². The molecule has 4 heterocycles. The maximum atomic E-state index is 2.70. The molecule has 6 nitrogen and oxygen atoms in total. The summed E-state index contributed by atoms with van der Waals surface area (Å²) < 4.78 is 0. The standard InChI is InChI=1S/C94H70B2N6/c1-63-33-20-26-51-80(63)100(81-52-27-21-34-64(81)2)72-57-88-92-90(59-72)99(71-45-18-9-19-46-71)86-62-87-79(61-78(86)95(92)76-49-24-30-55-84(76)97(88)69-41-14-7-15-42-69)96-77-50-25-31-56-85(77)98(70-43-16-8-17-44-70)89-58-73(101(82-53-28-22-35-65(82)3)83-54-29-23-36-66(83)4)60-91(93(89)96)102(87)94-74(67-37-10-5-11-38-67)47-32-48-75(94)68-39-12-6-13-40-68/h5-62H,1-4H3. The molecule has 19 rings (SSSR count). The van der Waals surface area contributed by atoms with Crippen molar-refractivity contribution in [2.75, 3.05) is 29.4 Å². The Labute approximate surface area is 598 Å². The zero-order chi connectivity index (χ0) is 68.1. The van der Waals surface area contributed by atoms with Crippen LogP contribution in [0.1, 0.15) is 22.3 Å². The van der Waals surface area contributed by atoms with E-state index in [1.165, 1.54) is 55.0 Å². The van der Waals surface area contributed by atoms with E-state index in [4.69, 9.17) is 0 Å². The zero-order valence-electron chi connectivity index (χ0n) is 57.3. The Bertz CT molecular complexity index is 5620. The Morgan fingerprint density at radius 2 is 0.520 bits per heavy atom. The van der Waals surface area contributed by atoms with Gasteiger partial charge in [0.05, 0.1) is 17.1 Å². The number of benzene rings is 15. The molecular formula is C94H70B2N6. The third kappa shape index (κ3) is 9.65. The SMILES string of the molecule is Cc1ccccc1N(c1cc2c3c(c1)N(c1ccccc1)c1cc4c(cc1B3c1ccccc1N2c1ccccc1)B1c2ccccc2N(c2ccccc2)c2cc(N(c3ccccc3C)c3ccccc3C)cc(c21)N4c1c(-c2ccccc2)cccc1-c1ccccc1)c1ccccc1C. The van der Waals surface area contributed by atoms with Gasteiger partial charge in [-0.05, 0) is 197 Å². The minimum Gasteiger partial charge on any atom is -0.311 e. The number of nitrogens with zero attached hydrogens (tertiary/aromatic N) is 6. The number of rotatable bonds is 12. The fraction of sp³-hybridized carbons (Fsp3) is 0.0426. The van der Waals surface area contributed by atoms with E-state index in [1.807, 2.05) is 0 Å². The highest BCUT2D eigenvalue weighted by atomic mass is 15.2. The number of hydrogen-bond donors (Lipinski definition) is 0. The van der Waals surface area contributed by atoms with Gasteiger partial charge < -0.3 is 29.4 Å². The molecule has 0 atom stereocenters. The second kappa shape index (κ2) is 24.6. The van der Waals surface area contributed by atoms with Crippen LogP contribution >= 0.6 is 0 Å². The molecule has 0 N–H and O–H groups in total. The van der Waals surface area contributed by atoms with Crippen molar-refractivity contribution in [3.05, 3.63) is 374 Å². The third-order valence-electron chi connectivity index (χ3n) is 21.5. The maximum Gasteiger partial charge on any atom is 0.252 e. The Morgan fingerprint density at radius 1 is 0.225 bits per heavy atom. The first-order valence-electron chi connectivity index (χ1n) is 35.5. The Kier molecular flexibility index (Phi) is 14.6. The Hall–Kier alpha value is -12.8. The van der Waals surface area contributed by atoms with Crippen LogP contribution in [0.3, 0.4) is 0 Å². The summed E-state index contributed by atoms with van der Waals surface area (Å²) in [5, 5.41) is 0. The summed E-state index contributed by atoms with van der Waals surface area (Å²) in [7, 11) is 0. The van der Waals surface area contributed by atoms with Crippen molar-refractivity contribution >= 4 is 149 Å². The van der Waals surface area contributed by atoms with Crippen LogP contribution in [0.2, 0.25) is 0 Å². The van der Waals surface area contributed by atoms with E-state index in [2.05, 4.69) is 409 Å². The largest absolute Gasteiger partial charge is 0.311 e. The molecule has 15 aromatic carbocycles. The molecule has 0 amide bonds. The molecule has 0 aromatic heterocycles. The maximum absolute atomic E-state index is 2.70. The van der Waals surface area contributed by atoms with Crippen LogP contribution in [-0.4, -0.2) is 13.4 Å². The predicted molar refractivity (Wildman–Crippen MR) is 434 cm³/mol. The fourth-order valence-electron chi connectivity index (χ4n) is 17.0. The van der Waals surface area contributed by atoms with E-state index in [1.54, 1.807) is 0 Å². The highest BCUT2D eigenvalue weighted by molar-refractivity contribution is 7.03. The van der Waals surface area contributed by atoms with Crippen LogP contribution in [0.15, 0.2) is 352 Å². The van der Waals surface area contributed by atoms with Gasteiger partial charge in [0.1, 0.15) is 0 Å². The summed E-state index contributed by atoms with van der Waals surface area (Å²) >= 11 is 0. The lowest BCUT2D eigenvalue weighted by atomic mass is 9.30. The van der Waals surface area contributed by atoms with Gasteiger partial charge >= 0.3 is 0 Å². The van der Waals surface area contributed by atoms with Gasteiger partial charge in [0.25, 0.3) is 13.4 Å². The topological polar surface area (TPSA) is 19.4 Å². The molecule has 0 saturated carbocycles. The first kappa shape index (κ1) is 60.4. The third-order valence-corrected chi connectivity index (χ3v) is 21.5. The molecule has 8 heteroatoms. The Balaban J connectivity index is 0.987. The van der Waals surface area contributed by atoms with Crippen molar-refractivity contribution in [2.24, 2.45) is 0 Å². The van der Waals surface area contributed by atoms with Gasteiger partial charge in [-0.25, -0.2) is 0 Å². The van der Waals surface area contributed by atoms with Crippen molar-refractivity contribution in [3.8, 4) is 22.3 Å². The summed E-state index contributed by atoms with van der Waals surface area (Å²) in [5.41, 5.74) is 36.6. The van der Waals surface area contributed by atoms with Crippen LogP contribution in [0.4, 0.5) is 102 Å². The minimum atomic E-state index is -0.240. The lowest BCUT2D eigenvalue weighted by Gasteiger charge is -2.48. The smallest absolute Gasteiger partial charge is 0.252 e. The lowest BCUT2D eigenvalue weighted by molar-refractivity contribution is 1.20. The van der Waals surface area contributed by atoms with Crippen molar-refractivity contribution < 1.29 is 0 Å². The van der Waals surface area contributed by atoms with Crippen molar-refractivity contribution in [1.29, 1.82) is 0 Å². The molecule has 0 aliphatic carbocycles. The molecule has 102 heavy (non-hydrogen) atoms. The van der Waals surface area contributed by atoms with Gasteiger partial charge in [-0.3, -0.25) is 0 Å². The van der Waals surface area contributed by atoms with Crippen molar-refractivity contribution in [1.82, 2.24) is 0 Å². The van der Waals surface area contributed by atoms with Gasteiger partial charge in [0, 0.05) is 96.4 Å². The van der Waals surface area contributed by atoms with Gasteiger partial charge in [0.15, 0.2) is 0 Å². The monoisotopic (exact) mass is 1300 g/mol. The molecular weight excluding hydrogens is 1230 g/mol. The second-order valence-electron chi connectivity index (χ2n) is 27.3. The number of anilines is 18. The van der Waals surface area contributed by atoms with E-state index in [9.17, 15) is 0 Å². The minimum absolute atomic E-state index is 0.213. The molecule has 0 saturated heterocycles. The molecule has 0 radical (unpaired) electrons. The van der Waals surface area contributed by atoms with Crippen molar-refractivity contribution in [2.45, 2.75) is 27.7 Å².